The van der Waals surface area contributed by atoms with E-state index in [0.29, 0.717) is 67.3 Å². The highest BCUT2D eigenvalue weighted by Gasteiger charge is 2.24. The first-order valence-corrected chi connectivity index (χ1v) is 37.6. The summed E-state index contributed by atoms with van der Waals surface area (Å²) in [5, 5.41) is 0. The lowest BCUT2D eigenvalue weighted by molar-refractivity contribution is -0.125. The van der Waals surface area contributed by atoms with E-state index in [1.165, 1.54) is 124 Å². The Morgan fingerprint density at radius 1 is 0.347 bits per heavy atom. The number of piperidine rings is 1. The van der Waals surface area contributed by atoms with Gasteiger partial charge in [0, 0.05) is 88.5 Å². The number of hydrogen-bond acceptors (Lipinski definition) is 14. The van der Waals surface area contributed by atoms with Crippen molar-refractivity contribution < 1.29 is 28.5 Å². The van der Waals surface area contributed by atoms with Crippen LogP contribution in [0.15, 0.2) is 110 Å². The molecule has 6 aromatic heterocycles. The molecule has 536 valence electrons. The van der Waals surface area contributed by atoms with Crippen LogP contribution in [0, 0.1) is 35.5 Å². The Kier molecular flexibility index (Phi) is 34.2. The molecule has 16 heteroatoms. The zero-order valence-corrected chi connectivity index (χ0v) is 62.1. The van der Waals surface area contributed by atoms with E-state index in [9.17, 15) is 9.59 Å². The fraction of sp³-hybridized carbons (Fsp3) is 0.610. The molecule has 4 saturated heterocycles. The van der Waals surface area contributed by atoms with Gasteiger partial charge in [-0.1, -0.05) is 126 Å². The first-order valence-electron chi connectivity index (χ1n) is 37.6. The summed E-state index contributed by atoms with van der Waals surface area (Å²) in [4.78, 5) is 57.9. The molecule has 0 aromatic carbocycles. The van der Waals surface area contributed by atoms with Gasteiger partial charge in [-0.15, -0.1) is 0 Å². The fourth-order valence-corrected chi connectivity index (χ4v) is 13.0. The van der Waals surface area contributed by atoms with Crippen molar-refractivity contribution in [1.82, 2.24) is 29.9 Å². The van der Waals surface area contributed by atoms with E-state index in [1.807, 2.05) is 67.5 Å². The average Bonchev–Trinajstić information content (AvgIpc) is 1.09. The van der Waals surface area contributed by atoms with Crippen molar-refractivity contribution >= 4 is 35.1 Å². The number of morpholine rings is 2. The Labute approximate surface area is 590 Å². The van der Waals surface area contributed by atoms with E-state index in [4.69, 9.17) is 18.9 Å². The SMILES string of the molecule is CC(C)Cc1ccc(N2CCCC2=O)nc1.CC(C)Cc1ccc(N2CCCCC2)nc1.CC(C)Cc1ccc(N2CCOCC2)nc1.CC(C)Cc1ccc(N2CCOCC2=O)nc1.CC(C)Cc1ccc(OC2CCCC2)nc1.CC(C)Cc1ccc(OC2CCCCC2)nc1. The van der Waals surface area contributed by atoms with Crippen molar-refractivity contribution in [3.8, 4) is 11.8 Å². The smallest absolute Gasteiger partial charge is 0.254 e. The zero-order chi connectivity index (χ0) is 70.0. The van der Waals surface area contributed by atoms with Gasteiger partial charge in [-0.2, -0.15) is 0 Å². The minimum absolute atomic E-state index is 0.0136. The molecular formula is C82H122N10O6. The lowest BCUT2D eigenvalue weighted by Crippen LogP contribution is -2.42. The lowest BCUT2D eigenvalue weighted by Gasteiger charge is -2.27. The molecular weight excluding hydrogens is 1220 g/mol. The Morgan fingerprint density at radius 3 is 1.00 bits per heavy atom. The topological polar surface area (TPSA) is 161 Å². The Balaban J connectivity index is 0.000000166. The summed E-state index contributed by atoms with van der Waals surface area (Å²) in [5.74, 6) is 9.56. The van der Waals surface area contributed by atoms with E-state index in [2.05, 4.69) is 165 Å². The van der Waals surface area contributed by atoms with Crippen LogP contribution < -0.4 is 29.1 Å². The summed E-state index contributed by atoms with van der Waals surface area (Å²) in [5.41, 5.74) is 7.74. The van der Waals surface area contributed by atoms with E-state index in [-0.39, 0.29) is 18.4 Å². The van der Waals surface area contributed by atoms with E-state index in [1.54, 1.807) is 9.80 Å². The maximum Gasteiger partial charge on any atom is 0.254 e. The zero-order valence-electron chi connectivity index (χ0n) is 62.1. The summed E-state index contributed by atoms with van der Waals surface area (Å²) >= 11 is 0. The third kappa shape index (κ3) is 29.4. The maximum absolute atomic E-state index is 11.6. The number of carbonyl (C=O) groups is 2. The van der Waals surface area contributed by atoms with Gasteiger partial charge in [-0.3, -0.25) is 19.4 Å². The highest BCUT2D eigenvalue weighted by Crippen LogP contribution is 2.26. The van der Waals surface area contributed by atoms with Crippen molar-refractivity contribution in [1.29, 1.82) is 0 Å². The van der Waals surface area contributed by atoms with Gasteiger partial charge in [0.15, 0.2) is 0 Å². The molecule has 16 nitrogen and oxygen atoms in total. The Hall–Kier alpha value is -7.04. The second-order valence-electron chi connectivity index (χ2n) is 30.0. The van der Waals surface area contributed by atoms with Gasteiger partial charge in [-0.25, -0.2) is 29.9 Å². The monoisotopic (exact) mass is 1340 g/mol. The van der Waals surface area contributed by atoms with Crippen LogP contribution in [0.1, 0.15) is 206 Å². The van der Waals surface area contributed by atoms with Crippen molar-refractivity contribution in [2.24, 2.45) is 35.5 Å². The van der Waals surface area contributed by atoms with Gasteiger partial charge in [-0.05, 0) is 209 Å². The molecule has 98 heavy (non-hydrogen) atoms. The van der Waals surface area contributed by atoms with Crippen LogP contribution >= 0.6 is 0 Å². The third-order valence-electron chi connectivity index (χ3n) is 17.8. The first-order chi connectivity index (χ1) is 47.3. The third-order valence-corrected chi connectivity index (χ3v) is 17.8. The van der Waals surface area contributed by atoms with Gasteiger partial charge in [0.25, 0.3) is 5.91 Å². The van der Waals surface area contributed by atoms with Gasteiger partial charge in [0.1, 0.15) is 42.1 Å². The van der Waals surface area contributed by atoms with Gasteiger partial charge in [0.05, 0.1) is 26.4 Å². The van der Waals surface area contributed by atoms with Crippen LogP contribution in [0.2, 0.25) is 0 Å². The minimum Gasteiger partial charge on any atom is -0.474 e. The molecule has 6 aliphatic rings. The van der Waals surface area contributed by atoms with Crippen LogP contribution in [0.3, 0.4) is 0 Å². The number of aromatic nitrogens is 6. The van der Waals surface area contributed by atoms with Crippen LogP contribution in [0.25, 0.3) is 0 Å². The molecule has 2 aliphatic carbocycles. The quantitative estimate of drug-likeness (QED) is 0.0710. The number of rotatable bonds is 20. The second kappa shape index (κ2) is 42.8. The molecule has 0 bridgehead atoms. The average molecular weight is 1340 g/mol. The first kappa shape index (κ1) is 78.3. The minimum atomic E-state index is -0.0136. The number of carbonyl (C=O) groups excluding carboxylic acids is 2. The van der Waals surface area contributed by atoms with Crippen molar-refractivity contribution in [3.63, 3.8) is 0 Å². The van der Waals surface area contributed by atoms with Crippen LogP contribution in [-0.2, 0) is 57.6 Å². The molecule has 0 unspecified atom stereocenters. The largest absolute Gasteiger partial charge is 0.474 e. The maximum atomic E-state index is 11.6. The molecule has 6 aromatic rings. The van der Waals surface area contributed by atoms with Crippen molar-refractivity contribution in [2.45, 2.75) is 224 Å². The van der Waals surface area contributed by atoms with Gasteiger partial charge < -0.3 is 28.7 Å². The highest BCUT2D eigenvalue weighted by atomic mass is 16.5. The van der Waals surface area contributed by atoms with Crippen LogP contribution in [0.5, 0.6) is 11.8 Å². The molecule has 4 aliphatic heterocycles. The Bertz CT molecular complexity index is 3050. The standard InChI is InChI=1S/C15H23NO.C14H22N2.C14H21NO.C13H18N2O2.C13H20N2O.C13H18N2O/c1-12(2)10-13-8-9-15(16-11-13)17-14-6-4-3-5-7-14;1-12(2)10-13-6-7-14(15-11-13)16-8-4-3-5-9-16;1-11(2)9-12-7-8-14(15-10-12)16-13-5-3-4-6-13;1-10(2)7-11-3-4-12(14-8-11)15-5-6-17-9-13(15)16;1-11(2)9-12-3-4-13(14-10-12)15-5-7-16-8-6-15;1-10(2)8-11-5-6-12(14-9-11)15-7-3-4-13(15)16/h8-9,11-12,14H,3-7,10H2,1-2H3;6-7,11-12H,3-5,8-10H2,1-2H3;7-8,10-11,13H,3-6,9H2,1-2H3;3-4,8,10H,5-7,9H2,1-2H3;3-4,10-11H,5-9H2,1-2H3;5-6,9-10H,3-4,7-8H2,1-2H3. The number of hydrogen-bond donors (Lipinski definition) is 0. The number of anilines is 4. The van der Waals surface area contributed by atoms with Gasteiger partial charge in [0.2, 0.25) is 17.7 Å². The summed E-state index contributed by atoms with van der Waals surface area (Å²) < 4.78 is 22.1. The molecule has 2 amide bonds. The predicted octanol–water partition coefficient (Wildman–Crippen LogP) is 17.0. The number of ether oxygens (including phenoxy) is 4. The van der Waals surface area contributed by atoms with Crippen molar-refractivity contribution in [2.75, 3.05) is 85.3 Å². The molecule has 12 rings (SSSR count). The molecule has 6 fully saturated rings. The van der Waals surface area contributed by atoms with Crippen LogP contribution in [0.4, 0.5) is 23.3 Å². The summed E-state index contributed by atoms with van der Waals surface area (Å²) in [6, 6.07) is 25.0. The number of nitrogens with zero attached hydrogens (tertiary/aromatic N) is 10. The molecule has 0 N–H and O–H groups in total. The molecule has 10 heterocycles. The lowest BCUT2D eigenvalue weighted by atomic mass is 9.98. The predicted molar refractivity (Wildman–Crippen MR) is 401 cm³/mol. The highest BCUT2D eigenvalue weighted by molar-refractivity contribution is 5.94. The van der Waals surface area contributed by atoms with E-state index in [0.717, 1.165) is 113 Å². The molecule has 0 atom stereocenters. The summed E-state index contributed by atoms with van der Waals surface area (Å²) in [6.45, 7) is 34.7. The summed E-state index contributed by atoms with van der Waals surface area (Å²) in [6.07, 6.45) is 35.9. The normalized spacial score (nSPS) is 16.8. The number of amides is 2. The van der Waals surface area contributed by atoms with Crippen molar-refractivity contribution in [3.05, 3.63) is 143 Å². The fourth-order valence-electron chi connectivity index (χ4n) is 13.0. The summed E-state index contributed by atoms with van der Waals surface area (Å²) in [7, 11) is 0. The molecule has 0 radical (unpaired) electrons. The second-order valence-corrected chi connectivity index (χ2v) is 30.0. The molecule has 2 saturated carbocycles. The molecule has 0 spiro atoms. The van der Waals surface area contributed by atoms with Gasteiger partial charge >= 0.3 is 0 Å². The number of pyridine rings is 6. The van der Waals surface area contributed by atoms with E-state index < -0.39 is 0 Å². The Morgan fingerprint density at radius 2 is 0.673 bits per heavy atom. The van der Waals surface area contributed by atoms with Crippen LogP contribution in [-0.4, -0.2) is 120 Å². The van der Waals surface area contributed by atoms with E-state index >= 15 is 0 Å².